The fraction of sp³-hybridized carbons (Fsp3) is 0. The zero-order chi connectivity index (χ0) is 14.8. The normalized spacial score (nSPS) is 10.5. The largest absolute Gasteiger partial charge is 0.456 e. The highest BCUT2D eigenvalue weighted by atomic mass is 35.5. The van der Waals surface area contributed by atoms with Crippen molar-refractivity contribution in [3.05, 3.63) is 65.3 Å². The van der Waals surface area contributed by atoms with Gasteiger partial charge in [-0.05, 0) is 36.4 Å². The molecule has 0 aliphatic rings. The molecule has 0 amide bonds. The minimum atomic E-state index is 0.203. The number of hydrogen-bond donors (Lipinski definition) is 1. The molecule has 0 aliphatic heterocycles. The Morgan fingerprint density at radius 3 is 2.62 bits per heavy atom. The molecule has 0 saturated heterocycles. The molecule has 3 nitrogen and oxygen atoms in total. The SMILES string of the molecule is NC(=S)c1c(Cl)cccc1Oc1cccc2ncccc12. The highest BCUT2D eigenvalue weighted by Gasteiger charge is 2.13. The van der Waals surface area contributed by atoms with Gasteiger partial charge < -0.3 is 10.5 Å². The van der Waals surface area contributed by atoms with Gasteiger partial charge in [-0.1, -0.05) is 36.0 Å². The van der Waals surface area contributed by atoms with Crippen LogP contribution in [0.25, 0.3) is 10.9 Å². The first-order chi connectivity index (χ1) is 10.2. The van der Waals surface area contributed by atoms with E-state index in [1.54, 1.807) is 24.4 Å². The fourth-order valence-corrected chi connectivity index (χ4v) is 2.65. The number of pyridine rings is 1. The zero-order valence-corrected chi connectivity index (χ0v) is 12.5. The number of rotatable bonds is 3. The molecule has 2 aromatic carbocycles. The predicted octanol–water partition coefficient (Wildman–Crippen LogP) is 4.31. The number of hydrogen-bond acceptors (Lipinski definition) is 3. The van der Waals surface area contributed by atoms with Gasteiger partial charge in [0.05, 0.1) is 16.1 Å². The van der Waals surface area contributed by atoms with Crippen LogP contribution in [0, 0.1) is 0 Å². The van der Waals surface area contributed by atoms with Gasteiger partial charge in [-0.2, -0.15) is 0 Å². The number of ether oxygens (including phenoxy) is 1. The van der Waals surface area contributed by atoms with Gasteiger partial charge in [0, 0.05) is 11.6 Å². The summed E-state index contributed by atoms with van der Waals surface area (Å²) in [7, 11) is 0. The number of halogens is 1. The molecule has 0 bridgehead atoms. The lowest BCUT2D eigenvalue weighted by atomic mass is 10.2. The Morgan fingerprint density at radius 1 is 1.05 bits per heavy atom. The van der Waals surface area contributed by atoms with E-state index in [1.165, 1.54) is 0 Å². The minimum absolute atomic E-state index is 0.203. The Hall–Kier alpha value is -2.17. The monoisotopic (exact) mass is 314 g/mol. The quantitative estimate of drug-likeness (QED) is 0.732. The zero-order valence-electron chi connectivity index (χ0n) is 10.9. The summed E-state index contributed by atoms with van der Waals surface area (Å²) in [6.07, 6.45) is 1.74. The van der Waals surface area contributed by atoms with Gasteiger partial charge in [0.1, 0.15) is 16.5 Å². The molecule has 3 aromatic rings. The smallest absolute Gasteiger partial charge is 0.139 e. The lowest BCUT2D eigenvalue weighted by Crippen LogP contribution is -2.11. The van der Waals surface area contributed by atoms with Crippen molar-refractivity contribution < 1.29 is 4.74 Å². The number of aromatic nitrogens is 1. The van der Waals surface area contributed by atoms with E-state index in [9.17, 15) is 0 Å². The molecule has 3 rings (SSSR count). The van der Waals surface area contributed by atoms with Gasteiger partial charge in [0.2, 0.25) is 0 Å². The highest BCUT2D eigenvalue weighted by Crippen LogP contribution is 2.33. The summed E-state index contributed by atoms with van der Waals surface area (Å²) in [5, 5.41) is 1.38. The van der Waals surface area contributed by atoms with Crippen LogP contribution < -0.4 is 10.5 Å². The van der Waals surface area contributed by atoms with Crippen LogP contribution in [0.4, 0.5) is 0 Å². The van der Waals surface area contributed by atoms with Crippen molar-refractivity contribution in [2.24, 2.45) is 5.73 Å². The second-order valence-corrected chi connectivity index (χ2v) is 5.25. The van der Waals surface area contributed by atoms with Gasteiger partial charge >= 0.3 is 0 Å². The number of nitrogens with zero attached hydrogens (tertiary/aromatic N) is 1. The molecule has 5 heteroatoms. The van der Waals surface area contributed by atoms with Crippen LogP contribution in [-0.2, 0) is 0 Å². The Morgan fingerprint density at radius 2 is 1.81 bits per heavy atom. The maximum atomic E-state index is 6.15. The molecule has 0 atom stereocenters. The molecule has 1 heterocycles. The topological polar surface area (TPSA) is 48.1 Å². The molecule has 104 valence electrons. The first-order valence-electron chi connectivity index (χ1n) is 6.27. The molecule has 1 aromatic heterocycles. The van der Waals surface area contributed by atoms with E-state index in [2.05, 4.69) is 4.98 Å². The molecular formula is C16H11ClN2OS. The van der Waals surface area contributed by atoms with E-state index >= 15 is 0 Å². The van der Waals surface area contributed by atoms with Crippen molar-refractivity contribution in [2.45, 2.75) is 0 Å². The Balaban J connectivity index is 2.12. The van der Waals surface area contributed by atoms with Gasteiger partial charge in [-0.25, -0.2) is 0 Å². The number of benzene rings is 2. The molecule has 0 radical (unpaired) electrons. The predicted molar refractivity (Wildman–Crippen MR) is 89.2 cm³/mol. The maximum absolute atomic E-state index is 6.15. The van der Waals surface area contributed by atoms with E-state index in [0.29, 0.717) is 22.1 Å². The van der Waals surface area contributed by atoms with Crippen LogP contribution >= 0.6 is 23.8 Å². The van der Waals surface area contributed by atoms with Gasteiger partial charge in [0.25, 0.3) is 0 Å². The lowest BCUT2D eigenvalue weighted by molar-refractivity contribution is 0.487. The first kappa shape index (κ1) is 13.8. The van der Waals surface area contributed by atoms with Crippen LogP contribution in [0.1, 0.15) is 5.56 Å². The molecule has 0 spiro atoms. The summed E-state index contributed by atoms with van der Waals surface area (Å²) >= 11 is 11.2. The molecule has 0 saturated carbocycles. The average molecular weight is 315 g/mol. The molecule has 0 unspecified atom stereocenters. The van der Waals surface area contributed by atoms with Crippen molar-refractivity contribution in [3.8, 4) is 11.5 Å². The summed E-state index contributed by atoms with van der Waals surface area (Å²) < 4.78 is 5.97. The summed E-state index contributed by atoms with van der Waals surface area (Å²) in [5.74, 6) is 1.21. The number of thiocarbonyl (C=S) groups is 1. The Labute approximate surface area is 132 Å². The van der Waals surface area contributed by atoms with Crippen LogP contribution in [0.3, 0.4) is 0 Å². The third-order valence-corrected chi connectivity index (χ3v) is 3.57. The van der Waals surface area contributed by atoms with Gasteiger partial charge in [0.15, 0.2) is 0 Å². The van der Waals surface area contributed by atoms with Crippen LogP contribution in [-0.4, -0.2) is 9.97 Å². The third-order valence-electron chi connectivity index (χ3n) is 3.05. The van der Waals surface area contributed by atoms with Crippen LogP contribution in [0.2, 0.25) is 5.02 Å². The summed E-state index contributed by atoms with van der Waals surface area (Å²) in [6, 6.07) is 14.8. The molecule has 0 fully saturated rings. The van der Waals surface area contributed by atoms with Crippen molar-refractivity contribution in [1.82, 2.24) is 4.98 Å². The van der Waals surface area contributed by atoms with E-state index < -0.39 is 0 Å². The van der Waals surface area contributed by atoms with Crippen molar-refractivity contribution >= 4 is 39.7 Å². The fourth-order valence-electron chi connectivity index (χ4n) is 2.11. The van der Waals surface area contributed by atoms with Gasteiger partial charge in [-0.3, -0.25) is 4.98 Å². The molecular weight excluding hydrogens is 304 g/mol. The van der Waals surface area contributed by atoms with Gasteiger partial charge in [-0.15, -0.1) is 0 Å². The van der Waals surface area contributed by atoms with Crippen LogP contribution in [0.15, 0.2) is 54.7 Å². The molecule has 21 heavy (non-hydrogen) atoms. The third kappa shape index (κ3) is 2.68. The number of fused-ring (bicyclic) bond motifs is 1. The summed E-state index contributed by atoms with van der Waals surface area (Å²) in [6.45, 7) is 0. The van der Waals surface area contributed by atoms with E-state index in [0.717, 1.165) is 10.9 Å². The minimum Gasteiger partial charge on any atom is -0.456 e. The summed E-state index contributed by atoms with van der Waals surface area (Å²) in [4.78, 5) is 4.50. The van der Waals surface area contributed by atoms with Crippen molar-refractivity contribution in [3.63, 3.8) is 0 Å². The van der Waals surface area contributed by atoms with Crippen LogP contribution in [0.5, 0.6) is 11.5 Å². The van der Waals surface area contributed by atoms with Crippen molar-refractivity contribution in [1.29, 1.82) is 0 Å². The maximum Gasteiger partial charge on any atom is 0.139 e. The standard InChI is InChI=1S/C16H11ClN2OS/c17-11-5-1-8-14(15(11)16(18)21)20-13-7-2-6-12-10(13)4-3-9-19-12/h1-9H,(H2,18,21). The highest BCUT2D eigenvalue weighted by molar-refractivity contribution is 7.80. The molecule has 2 N–H and O–H groups in total. The average Bonchev–Trinajstić information content (AvgIpc) is 2.47. The van der Waals surface area contributed by atoms with E-state index in [1.807, 2.05) is 30.3 Å². The van der Waals surface area contributed by atoms with Crippen molar-refractivity contribution in [2.75, 3.05) is 0 Å². The number of nitrogens with two attached hydrogens (primary N) is 1. The second-order valence-electron chi connectivity index (χ2n) is 4.41. The first-order valence-corrected chi connectivity index (χ1v) is 7.05. The second kappa shape index (κ2) is 5.68. The van der Waals surface area contributed by atoms with E-state index in [-0.39, 0.29) is 4.99 Å². The van der Waals surface area contributed by atoms with E-state index in [4.69, 9.17) is 34.3 Å². The lowest BCUT2D eigenvalue weighted by Gasteiger charge is -2.13. The Kier molecular flexibility index (Phi) is 3.73. The summed E-state index contributed by atoms with van der Waals surface area (Å²) in [5.41, 5.74) is 7.13. The molecule has 0 aliphatic carbocycles. The Bertz CT molecular complexity index is 830.